The van der Waals surface area contributed by atoms with Crippen LogP contribution in [-0.4, -0.2) is 28.5 Å². The fourth-order valence-electron chi connectivity index (χ4n) is 2.42. The minimum Gasteiger partial charge on any atom is -0.357 e. The van der Waals surface area contributed by atoms with Crippen LogP contribution in [0.2, 0.25) is 5.28 Å². The molecule has 6 heteroatoms. The summed E-state index contributed by atoms with van der Waals surface area (Å²) in [5, 5.41) is 6.37. The van der Waals surface area contributed by atoms with Crippen molar-refractivity contribution in [2.24, 2.45) is 5.41 Å². The van der Waals surface area contributed by atoms with Crippen molar-refractivity contribution in [2.75, 3.05) is 24.2 Å². The van der Waals surface area contributed by atoms with Crippen LogP contribution in [0.25, 0.3) is 0 Å². The van der Waals surface area contributed by atoms with Crippen LogP contribution in [0.3, 0.4) is 0 Å². The average molecular weight is 270 g/mol. The molecule has 0 radical (unpaired) electrons. The fraction of sp³-hybridized carbons (Fsp3) is 0.750. The Kier molecular flexibility index (Phi) is 4.22. The summed E-state index contributed by atoms with van der Waals surface area (Å²) in [4.78, 5) is 12.3. The van der Waals surface area contributed by atoms with E-state index in [-0.39, 0.29) is 5.28 Å². The van der Waals surface area contributed by atoms with Crippen LogP contribution in [-0.2, 0) is 0 Å². The maximum absolute atomic E-state index is 5.84. The van der Waals surface area contributed by atoms with Crippen molar-refractivity contribution >= 4 is 23.5 Å². The van der Waals surface area contributed by atoms with Gasteiger partial charge in [-0.3, -0.25) is 0 Å². The molecule has 0 amide bonds. The van der Waals surface area contributed by atoms with Crippen LogP contribution in [0.15, 0.2) is 0 Å². The van der Waals surface area contributed by atoms with Crippen molar-refractivity contribution in [2.45, 2.75) is 39.0 Å². The largest absolute Gasteiger partial charge is 0.357 e. The molecule has 1 aromatic rings. The fourth-order valence-corrected chi connectivity index (χ4v) is 2.58. The van der Waals surface area contributed by atoms with Crippen molar-refractivity contribution in [1.82, 2.24) is 15.0 Å². The van der Waals surface area contributed by atoms with Crippen LogP contribution in [0.5, 0.6) is 0 Å². The van der Waals surface area contributed by atoms with E-state index in [4.69, 9.17) is 11.6 Å². The van der Waals surface area contributed by atoms with Crippen LogP contribution in [0.4, 0.5) is 11.9 Å². The second kappa shape index (κ2) is 5.69. The molecule has 1 fully saturated rings. The van der Waals surface area contributed by atoms with E-state index in [1.807, 2.05) is 0 Å². The molecule has 0 spiro atoms. The molecule has 1 heterocycles. The molecule has 1 aliphatic carbocycles. The highest BCUT2D eigenvalue weighted by atomic mass is 35.5. The van der Waals surface area contributed by atoms with Crippen LogP contribution in [0.1, 0.15) is 39.0 Å². The average Bonchev–Trinajstić information content (AvgIpc) is 2.37. The zero-order valence-corrected chi connectivity index (χ0v) is 11.7. The van der Waals surface area contributed by atoms with E-state index in [1.165, 1.54) is 32.1 Å². The van der Waals surface area contributed by atoms with Gasteiger partial charge in [0.15, 0.2) is 0 Å². The molecule has 0 bridgehead atoms. The van der Waals surface area contributed by atoms with Crippen LogP contribution < -0.4 is 10.6 Å². The summed E-state index contributed by atoms with van der Waals surface area (Å²) in [5.74, 6) is 1.04. The molecule has 100 valence electrons. The molecule has 1 aromatic heterocycles. The number of aromatic nitrogens is 3. The van der Waals surface area contributed by atoms with Crippen molar-refractivity contribution in [3.8, 4) is 0 Å². The third-order valence-electron chi connectivity index (χ3n) is 3.57. The lowest BCUT2D eigenvalue weighted by Gasteiger charge is -2.33. The molecule has 18 heavy (non-hydrogen) atoms. The molecule has 1 saturated carbocycles. The number of rotatable bonds is 4. The second-order valence-electron chi connectivity index (χ2n) is 5.23. The lowest BCUT2D eigenvalue weighted by molar-refractivity contribution is 0.233. The maximum atomic E-state index is 5.84. The van der Waals surface area contributed by atoms with Gasteiger partial charge in [-0.15, -0.1) is 0 Å². The standard InChI is InChI=1S/C12H20ClN5/c1-12(6-4-3-5-7-12)8-15-11-17-9(13)16-10(14-2)18-11/h3-8H2,1-2H3,(H2,14,15,16,17,18). The second-order valence-corrected chi connectivity index (χ2v) is 5.56. The summed E-state index contributed by atoms with van der Waals surface area (Å²) < 4.78 is 0. The molecule has 0 aromatic carbocycles. The van der Waals surface area contributed by atoms with Gasteiger partial charge in [0, 0.05) is 13.6 Å². The molecule has 0 atom stereocenters. The number of hydrogen-bond donors (Lipinski definition) is 2. The Morgan fingerprint density at radius 2 is 1.78 bits per heavy atom. The Balaban J connectivity index is 1.98. The van der Waals surface area contributed by atoms with Crippen molar-refractivity contribution in [3.05, 3.63) is 5.28 Å². The number of nitrogens with zero attached hydrogens (tertiary/aromatic N) is 3. The Bertz CT molecular complexity index is 403. The van der Waals surface area contributed by atoms with E-state index >= 15 is 0 Å². The quantitative estimate of drug-likeness (QED) is 0.880. The minimum atomic E-state index is 0.214. The van der Waals surface area contributed by atoms with E-state index in [1.54, 1.807) is 7.05 Å². The van der Waals surface area contributed by atoms with Gasteiger partial charge in [0.05, 0.1) is 0 Å². The van der Waals surface area contributed by atoms with Gasteiger partial charge in [0.2, 0.25) is 17.2 Å². The summed E-state index contributed by atoms with van der Waals surface area (Å²) in [7, 11) is 1.76. The molecule has 0 unspecified atom stereocenters. The molecule has 0 aliphatic heterocycles. The highest BCUT2D eigenvalue weighted by Crippen LogP contribution is 2.35. The van der Waals surface area contributed by atoms with Crippen LogP contribution in [0, 0.1) is 5.41 Å². The van der Waals surface area contributed by atoms with Gasteiger partial charge >= 0.3 is 0 Å². The van der Waals surface area contributed by atoms with E-state index in [0.29, 0.717) is 17.3 Å². The van der Waals surface area contributed by atoms with E-state index < -0.39 is 0 Å². The Morgan fingerprint density at radius 1 is 1.11 bits per heavy atom. The Morgan fingerprint density at radius 3 is 2.44 bits per heavy atom. The van der Waals surface area contributed by atoms with Gasteiger partial charge in [0.1, 0.15) is 0 Å². The highest BCUT2D eigenvalue weighted by molar-refractivity contribution is 6.28. The first-order chi connectivity index (χ1) is 8.61. The van der Waals surface area contributed by atoms with Gasteiger partial charge in [-0.25, -0.2) is 0 Å². The summed E-state index contributed by atoms with van der Waals surface area (Å²) in [6.07, 6.45) is 6.52. The number of anilines is 2. The first kappa shape index (κ1) is 13.3. The van der Waals surface area contributed by atoms with Gasteiger partial charge in [0.25, 0.3) is 0 Å². The normalized spacial score (nSPS) is 18.4. The highest BCUT2D eigenvalue weighted by Gasteiger charge is 2.26. The Hall–Kier alpha value is -1.10. The molecule has 1 aliphatic rings. The monoisotopic (exact) mass is 269 g/mol. The smallest absolute Gasteiger partial charge is 0.228 e. The zero-order chi connectivity index (χ0) is 13.0. The number of nitrogens with one attached hydrogen (secondary N) is 2. The Labute approximate surface area is 113 Å². The van der Waals surface area contributed by atoms with Gasteiger partial charge in [-0.1, -0.05) is 26.2 Å². The first-order valence-corrected chi connectivity index (χ1v) is 6.82. The predicted molar refractivity (Wildman–Crippen MR) is 74.1 cm³/mol. The third kappa shape index (κ3) is 3.45. The van der Waals surface area contributed by atoms with Gasteiger partial charge in [-0.2, -0.15) is 15.0 Å². The third-order valence-corrected chi connectivity index (χ3v) is 3.73. The van der Waals surface area contributed by atoms with Crippen molar-refractivity contribution in [3.63, 3.8) is 0 Å². The lowest BCUT2D eigenvalue weighted by Crippen LogP contribution is -2.29. The summed E-state index contributed by atoms with van der Waals surface area (Å²) in [5.41, 5.74) is 0.344. The summed E-state index contributed by atoms with van der Waals surface area (Å²) >= 11 is 5.84. The molecular formula is C12H20ClN5. The number of hydrogen-bond acceptors (Lipinski definition) is 5. The van der Waals surface area contributed by atoms with Crippen molar-refractivity contribution < 1.29 is 0 Å². The summed E-state index contributed by atoms with van der Waals surface area (Å²) in [6, 6.07) is 0. The van der Waals surface area contributed by atoms with E-state index in [0.717, 1.165) is 6.54 Å². The predicted octanol–water partition coefficient (Wildman–Crippen LogP) is 2.95. The zero-order valence-electron chi connectivity index (χ0n) is 11.0. The van der Waals surface area contributed by atoms with Crippen molar-refractivity contribution in [1.29, 1.82) is 0 Å². The number of halogens is 1. The molecular weight excluding hydrogens is 250 g/mol. The van der Waals surface area contributed by atoms with E-state index in [9.17, 15) is 0 Å². The topological polar surface area (TPSA) is 62.7 Å². The summed E-state index contributed by atoms with van der Waals surface area (Å²) in [6.45, 7) is 3.21. The maximum Gasteiger partial charge on any atom is 0.228 e. The van der Waals surface area contributed by atoms with Crippen LogP contribution >= 0.6 is 11.6 Å². The molecule has 5 nitrogen and oxygen atoms in total. The first-order valence-electron chi connectivity index (χ1n) is 6.44. The van der Waals surface area contributed by atoms with E-state index in [2.05, 4.69) is 32.5 Å². The van der Waals surface area contributed by atoms with Gasteiger partial charge < -0.3 is 10.6 Å². The molecule has 2 N–H and O–H groups in total. The van der Waals surface area contributed by atoms with Gasteiger partial charge in [-0.05, 0) is 29.9 Å². The lowest BCUT2D eigenvalue weighted by atomic mass is 9.76. The SMILES string of the molecule is CNc1nc(Cl)nc(NCC2(C)CCCCC2)n1. The molecule has 0 saturated heterocycles. The minimum absolute atomic E-state index is 0.214. The molecule has 2 rings (SSSR count).